The lowest BCUT2D eigenvalue weighted by molar-refractivity contribution is -0.137. The monoisotopic (exact) mass is 433 g/mol. The molecule has 3 aromatic rings. The van der Waals surface area contributed by atoms with Crippen LogP contribution in [-0.2, 0) is 15.7 Å². The standard InChI is InChI=1S/C18H16ClF4N3O3/c1-9(17(27-2)28-3)26-15-8-11(4-5-14(15)24-25-26)29-16-12(19)6-10(7-13(16)20)18(21,22)23/h4-9,17H,1-3H3. The molecule has 0 bridgehead atoms. The average Bonchev–Trinajstić information content (AvgIpc) is 3.07. The molecular weight excluding hydrogens is 418 g/mol. The van der Waals surface area contributed by atoms with E-state index in [2.05, 4.69) is 10.3 Å². The SMILES string of the molecule is COC(OC)C(C)n1nnc2ccc(Oc3c(F)cc(C(F)(F)F)cc3Cl)cc21. The van der Waals surface area contributed by atoms with Crippen molar-refractivity contribution in [3.63, 3.8) is 0 Å². The third-order valence-electron chi connectivity index (χ3n) is 4.23. The number of fused-ring (bicyclic) bond motifs is 1. The Bertz CT molecular complexity index is 998. The second kappa shape index (κ2) is 8.13. The second-order valence-corrected chi connectivity index (χ2v) is 6.54. The van der Waals surface area contributed by atoms with E-state index in [1.165, 1.54) is 31.0 Å². The van der Waals surface area contributed by atoms with Gasteiger partial charge in [0, 0.05) is 20.3 Å². The highest BCUT2D eigenvalue weighted by Crippen LogP contribution is 2.39. The van der Waals surface area contributed by atoms with Crippen LogP contribution in [0.15, 0.2) is 30.3 Å². The predicted molar refractivity (Wildman–Crippen MR) is 96.5 cm³/mol. The van der Waals surface area contributed by atoms with Gasteiger partial charge in [0.05, 0.1) is 16.1 Å². The van der Waals surface area contributed by atoms with Gasteiger partial charge in [-0.25, -0.2) is 9.07 Å². The molecule has 1 heterocycles. The molecule has 0 N–H and O–H groups in total. The zero-order chi connectivity index (χ0) is 21.3. The number of hydrogen-bond donors (Lipinski definition) is 0. The molecule has 1 unspecified atom stereocenters. The van der Waals surface area contributed by atoms with Crippen molar-refractivity contribution in [3.05, 3.63) is 46.7 Å². The lowest BCUT2D eigenvalue weighted by atomic mass is 10.2. The molecule has 6 nitrogen and oxygen atoms in total. The highest BCUT2D eigenvalue weighted by molar-refractivity contribution is 6.32. The van der Waals surface area contributed by atoms with Crippen LogP contribution < -0.4 is 4.74 Å². The number of benzene rings is 2. The Labute approximate surface area is 167 Å². The van der Waals surface area contributed by atoms with Gasteiger partial charge in [0.1, 0.15) is 17.3 Å². The Kier molecular flexibility index (Phi) is 5.97. The van der Waals surface area contributed by atoms with Gasteiger partial charge in [-0.2, -0.15) is 13.2 Å². The summed E-state index contributed by atoms with van der Waals surface area (Å²) in [5, 5.41) is 7.59. The van der Waals surface area contributed by atoms with Gasteiger partial charge in [-0.1, -0.05) is 16.8 Å². The van der Waals surface area contributed by atoms with Crippen LogP contribution >= 0.6 is 11.6 Å². The Morgan fingerprint density at radius 1 is 1.10 bits per heavy atom. The highest BCUT2D eigenvalue weighted by Gasteiger charge is 2.32. The Morgan fingerprint density at radius 2 is 1.79 bits per heavy atom. The topological polar surface area (TPSA) is 58.4 Å². The minimum atomic E-state index is -4.73. The summed E-state index contributed by atoms with van der Waals surface area (Å²) in [5.74, 6) is -1.61. The molecule has 0 aliphatic carbocycles. The van der Waals surface area contributed by atoms with E-state index >= 15 is 0 Å². The molecule has 1 atom stereocenters. The van der Waals surface area contributed by atoms with Gasteiger partial charge in [-0.15, -0.1) is 5.10 Å². The van der Waals surface area contributed by atoms with Crippen LogP contribution in [0.2, 0.25) is 5.02 Å². The molecule has 156 valence electrons. The largest absolute Gasteiger partial charge is 0.453 e. The normalized spacial score (nSPS) is 13.3. The van der Waals surface area contributed by atoms with Crippen LogP contribution in [-0.4, -0.2) is 35.5 Å². The minimum Gasteiger partial charge on any atom is -0.453 e. The molecule has 0 spiro atoms. The zero-order valence-electron chi connectivity index (χ0n) is 15.5. The quantitative estimate of drug-likeness (QED) is 0.394. The van der Waals surface area contributed by atoms with Gasteiger partial charge in [-0.3, -0.25) is 0 Å². The van der Waals surface area contributed by atoms with Crippen molar-refractivity contribution in [2.24, 2.45) is 0 Å². The van der Waals surface area contributed by atoms with Crippen molar-refractivity contribution >= 4 is 22.6 Å². The molecule has 0 radical (unpaired) electrons. The fourth-order valence-electron chi connectivity index (χ4n) is 2.82. The highest BCUT2D eigenvalue weighted by atomic mass is 35.5. The summed E-state index contributed by atoms with van der Waals surface area (Å²) in [4.78, 5) is 0. The fourth-order valence-corrected chi connectivity index (χ4v) is 3.07. The average molecular weight is 434 g/mol. The van der Waals surface area contributed by atoms with Gasteiger partial charge >= 0.3 is 6.18 Å². The van der Waals surface area contributed by atoms with Crippen molar-refractivity contribution < 1.29 is 31.8 Å². The first-order valence-corrected chi connectivity index (χ1v) is 8.68. The van der Waals surface area contributed by atoms with Gasteiger partial charge < -0.3 is 14.2 Å². The van der Waals surface area contributed by atoms with E-state index in [4.69, 9.17) is 25.8 Å². The van der Waals surface area contributed by atoms with Crippen LogP contribution in [0, 0.1) is 5.82 Å². The molecule has 1 aromatic heterocycles. The molecule has 11 heteroatoms. The first-order chi connectivity index (χ1) is 13.7. The number of aromatic nitrogens is 3. The molecule has 0 aliphatic rings. The number of rotatable bonds is 6. The van der Waals surface area contributed by atoms with Crippen molar-refractivity contribution in [2.75, 3.05) is 14.2 Å². The van der Waals surface area contributed by atoms with E-state index in [0.717, 1.165) is 0 Å². The Balaban J connectivity index is 1.97. The number of nitrogens with zero attached hydrogens (tertiary/aromatic N) is 3. The van der Waals surface area contributed by atoms with Crippen LogP contribution in [0.4, 0.5) is 17.6 Å². The summed E-state index contributed by atoms with van der Waals surface area (Å²) < 4.78 is 70.0. The van der Waals surface area contributed by atoms with Crippen molar-refractivity contribution in [1.82, 2.24) is 15.0 Å². The van der Waals surface area contributed by atoms with Crippen LogP contribution in [0.3, 0.4) is 0 Å². The van der Waals surface area contributed by atoms with Gasteiger partial charge in [0.15, 0.2) is 17.9 Å². The molecule has 0 saturated carbocycles. The van der Waals surface area contributed by atoms with E-state index in [1.807, 2.05) is 0 Å². The van der Waals surface area contributed by atoms with E-state index < -0.39 is 34.6 Å². The van der Waals surface area contributed by atoms with E-state index in [9.17, 15) is 17.6 Å². The summed E-state index contributed by atoms with van der Waals surface area (Å²) in [6.45, 7) is 1.80. The first-order valence-electron chi connectivity index (χ1n) is 8.30. The second-order valence-electron chi connectivity index (χ2n) is 6.13. The van der Waals surface area contributed by atoms with E-state index in [1.54, 1.807) is 13.0 Å². The molecule has 0 fully saturated rings. The number of methoxy groups -OCH3 is 2. The van der Waals surface area contributed by atoms with Crippen LogP contribution in [0.25, 0.3) is 11.0 Å². The molecule has 2 aromatic carbocycles. The lowest BCUT2D eigenvalue weighted by Crippen LogP contribution is -2.26. The number of ether oxygens (including phenoxy) is 3. The summed E-state index contributed by atoms with van der Waals surface area (Å²) in [7, 11) is 2.96. The first kappa shape index (κ1) is 21.3. The van der Waals surface area contributed by atoms with Crippen molar-refractivity contribution in [2.45, 2.75) is 25.4 Å². The van der Waals surface area contributed by atoms with Gasteiger partial charge in [-0.05, 0) is 31.2 Å². The van der Waals surface area contributed by atoms with E-state index in [-0.39, 0.29) is 11.8 Å². The number of hydrogen-bond acceptors (Lipinski definition) is 5. The van der Waals surface area contributed by atoms with Crippen LogP contribution in [0.5, 0.6) is 11.5 Å². The van der Waals surface area contributed by atoms with Gasteiger partial charge in [0.25, 0.3) is 0 Å². The Morgan fingerprint density at radius 3 is 2.38 bits per heavy atom. The maximum absolute atomic E-state index is 14.2. The summed E-state index contributed by atoms with van der Waals surface area (Å²) in [6.07, 6.45) is -5.33. The number of halogens is 5. The number of alkyl halides is 3. The summed E-state index contributed by atoms with van der Waals surface area (Å²) in [5.41, 5.74) is -0.157. The minimum absolute atomic E-state index is 0.139. The molecule has 29 heavy (non-hydrogen) atoms. The molecule has 0 amide bonds. The third kappa shape index (κ3) is 4.29. The summed E-state index contributed by atoms with van der Waals surface area (Å²) in [6, 6.07) is 5.14. The lowest BCUT2D eigenvalue weighted by Gasteiger charge is -2.21. The maximum Gasteiger partial charge on any atom is 0.416 e. The van der Waals surface area contributed by atoms with Gasteiger partial charge in [0.2, 0.25) is 0 Å². The van der Waals surface area contributed by atoms with E-state index in [0.29, 0.717) is 23.2 Å². The predicted octanol–water partition coefficient (Wildman–Crippen LogP) is 5.21. The van der Waals surface area contributed by atoms with Crippen LogP contribution in [0.1, 0.15) is 18.5 Å². The molecular formula is C18H16ClF4N3O3. The molecule has 3 rings (SSSR count). The fraction of sp³-hybridized carbons (Fsp3) is 0.333. The third-order valence-corrected chi connectivity index (χ3v) is 4.51. The van der Waals surface area contributed by atoms with Crippen molar-refractivity contribution in [3.8, 4) is 11.5 Å². The summed E-state index contributed by atoms with van der Waals surface area (Å²) >= 11 is 5.82. The smallest absolute Gasteiger partial charge is 0.416 e. The zero-order valence-corrected chi connectivity index (χ0v) is 16.3. The van der Waals surface area contributed by atoms with Crippen molar-refractivity contribution in [1.29, 1.82) is 0 Å². The molecule has 0 aliphatic heterocycles. The Hall–Kier alpha value is -2.43. The maximum atomic E-state index is 14.2. The molecule has 0 saturated heterocycles.